The van der Waals surface area contributed by atoms with Crippen LogP contribution < -0.4 is 0 Å². The summed E-state index contributed by atoms with van der Waals surface area (Å²) in [6.07, 6.45) is 0.395. The van der Waals surface area contributed by atoms with E-state index in [-0.39, 0.29) is 11.8 Å². The number of carbonyl (C=O) groups excluding carboxylic acids is 1. The van der Waals surface area contributed by atoms with Crippen molar-refractivity contribution in [3.63, 3.8) is 0 Å². The van der Waals surface area contributed by atoms with Gasteiger partial charge in [-0.1, -0.05) is 11.6 Å². The summed E-state index contributed by atoms with van der Waals surface area (Å²) in [4.78, 5) is 14.9. The zero-order chi connectivity index (χ0) is 14.3. The second kappa shape index (κ2) is 8.28. The van der Waals surface area contributed by atoms with Gasteiger partial charge in [-0.15, -0.1) is 11.3 Å². The van der Waals surface area contributed by atoms with Crippen molar-refractivity contribution in [1.82, 2.24) is 4.90 Å². The lowest BCUT2D eigenvalue weighted by molar-refractivity contribution is 0.0785. The fourth-order valence-electron chi connectivity index (χ4n) is 1.72. The number of rotatable bonds is 8. The van der Waals surface area contributed by atoms with E-state index in [0.717, 1.165) is 0 Å². The highest BCUT2D eigenvalue weighted by Gasteiger charge is 2.23. The van der Waals surface area contributed by atoms with E-state index in [0.29, 0.717) is 35.3 Å². The van der Waals surface area contributed by atoms with E-state index in [4.69, 9.17) is 21.6 Å². The summed E-state index contributed by atoms with van der Waals surface area (Å²) in [5.74, 6) is 0.0333. The van der Waals surface area contributed by atoms with Crippen LogP contribution in [-0.2, 0) is 4.74 Å². The molecular formula is C13H17ClN2O2S. The monoisotopic (exact) mass is 300 g/mol. The summed E-state index contributed by atoms with van der Waals surface area (Å²) in [7, 11) is 1.62. The molecule has 0 aliphatic heterocycles. The van der Waals surface area contributed by atoms with Crippen molar-refractivity contribution >= 4 is 28.7 Å². The van der Waals surface area contributed by atoms with Crippen molar-refractivity contribution in [2.45, 2.75) is 19.4 Å². The van der Waals surface area contributed by atoms with E-state index < -0.39 is 0 Å². The van der Waals surface area contributed by atoms with Crippen molar-refractivity contribution in [2.75, 3.05) is 26.8 Å². The minimum absolute atomic E-state index is 0.0333. The molecule has 0 aliphatic carbocycles. The predicted octanol–water partition coefficient (Wildman–Crippen LogP) is 2.83. The quantitative estimate of drug-likeness (QED) is 0.693. The lowest BCUT2D eigenvalue weighted by atomic mass is 10.1. The molecule has 104 valence electrons. The molecule has 0 N–H and O–H groups in total. The van der Waals surface area contributed by atoms with E-state index in [9.17, 15) is 4.79 Å². The number of hydrogen-bond donors (Lipinski definition) is 0. The van der Waals surface area contributed by atoms with Crippen LogP contribution in [0.2, 0.25) is 4.34 Å². The molecule has 0 bridgehead atoms. The van der Waals surface area contributed by atoms with Gasteiger partial charge in [-0.05, 0) is 19.1 Å². The lowest BCUT2D eigenvalue weighted by Gasteiger charge is -2.26. The van der Waals surface area contributed by atoms with Gasteiger partial charge >= 0.3 is 0 Å². The fourth-order valence-corrected chi connectivity index (χ4v) is 2.79. The van der Waals surface area contributed by atoms with Crippen LogP contribution in [-0.4, -0.2) is 43.5 Å². The van der Waals surface area contributed by atoms with Crippen LogP contribution in [0.3, 0.4) is 0 Å². The van der Waals surface area contributed by atoms with Crippen molar-refractivity contribution < 1.29 is 9.53 Å². The zero-order valence-corrected chi connectivity index (χ0v) is 12.6. The standard InChI is InChI=1S/C13H17ClN2O2S/c1-10(13(17)11-4-5-12(14)19-11)16(7-3-6-15)8-9-18-2/h4-5,10H,3,7-9H2,1-2H3. The van der Waals surface area contributed by atoms with Crippen molar-refractivity contribution in [2.24, 2.45) is 0 Å². The first-order valence-electron chi connectivity index (χ1n) is 5.99. The summed E-state index contributed by atoms with van der Waals surface area (Å²) in [6.45, 7) is 3.58. The Hall–Kier alpha value is -0.930. The van der Waals surface area contributed by atoms with Gasteiger partial charge in [-0.3, -0.25) is 9.69 Å². The number of carbonyl (C=O) groups is 1. The SMILES string of the molecule is COCCN(CCC#N)C(C)C(=O)c1ccc(Cl)s1. The van der Waals surface area contributed by atoms with Crippen LogP contribution in [0.25, 0.3) is 0 Å². The van der Waals surface area contributed by atoms with Crippen LogP contribution in [0.4, 0.5) is 0 Å². The average Bonchev–Trinajstić information content (AvgIpc) is 2.84. The highest BCUT2D eigenvalue weighted by molar-refractivity contribution is 7.18. The summed E-state index contributed by atoms with van der Waals surface area (Å²) < 4.78 is 5.65. The van der Waals surface area contributed by atoms with Crippen LogP contribution in [0, 0.1) is 11.3 Å². The van der Waals surface area contributed by atoms with Gasteiger partial charge in [0.1, 0.15) is 0 Å². The topological polar surface area (TPSA) is 53.3 Å². The molecule has 0 aliphatic rings. The number of ketones is 1. The zero-order valence-electron chi connectivity index (χ0n) is 11.1. The Labute approximate surface area is 122 Å². The van der Waals surface area contributed by atoms with Crippen molar-refractivity contribution in [1.29, 1.82) is 5.26 Å². The molecule has 0 aromatic carbocycles. The highest BCUT2D eigenvalue weighted by atomic mass is 35.5. The third-order valence-electron chi connectivity index (χ3n) is 2.84. The number of methoxy groups -OCH3 is 1. The first-order chi connectivity index (χ1) is 9.10. The Morgan fingerprint density at radius 2 is 2.32 bits per heavy atom. The van der Waals surface area contributed by atoms with Gasteiger partial charge in [0, 0.05) is 26.6 Å². The number of nitriles is 1. The second-order valence-corrected chi connectivity index (χ2v) is 5.80. The Bertz CT molecular complexity index is 456. The minimum Gasteiger partial charge on any atom is -0.383 e. The molecule has 1 atom stereocenters. The first-order valence-corrected chi connectivity index (χ1v) is 7.19. The molecule has 0 fully saturated rings. The summed E-state index contributed by atoms with van der Waals surface area (Å²) in [5.41, 5.74) is 0. The molecule has 1 rings (SSSR count). The number of ether oxygens (including phenoxy) is 1. The first kappa shape index (κ1) is 16.1. The van der Waals surface area contributed by atoms with Gasteiger partial charge in [0.25, 0.3) is 0 Å². The van der Waals surface area contributed by atoms with Crippen LogP contribution in [0.5, 0.6) is 0 Å². The fraction of sp³-hybridized carbons (Fsp3) is 0.538. The molecular weight excluding hydrogens is 284 g/mol. The molecule has 19 heavy (non-hydrogen) atoms. The molecule has 4 nitrogen and oxygen atoms in total. The number of Topliss-reactive ketones (excluding diaryl/α,β-unsaturated/α-hetero) is 1. The molecule has 0 saturated heterocycles. The minimum atomic E-state index is -0.279. The smallest absolute Gasteiger partial charge is 0.189 e. The lowest BCUT2D eigenvalue weighted by Crippen LogP contribution is -2.41. The normalized spacial score (nSPS) is 12.4. The predicted molar refractivity (Wildman–Crippen MR) is 76.8 cm³/mol. The van der Waals surface area contributed by atoms with Gasteiger partial charge in [0.05, 0.1) is 27.9 Å². The molecule has 6 heteroatoms. The largest absolute Gasteiger partial charge is 0.383 e. The second-order valence-electron chi connectivity index (χ2n) is 4.08. The highest BCUT2D eigenvalue weighted by Crippen LogP contribution is 2.23. The number of hydrogen-bond acceptors (Lipinski definition) is 5. The number of thiophene rings is 1. The van der Waals surface area contributed by atoms with E-state index in [1.165, 1.54) is 11.3 Å². The van der Waals surface area contributed by atoms with Gasteiger partial charge in [0.15, 0.2) is 5.78 Å². The Morgan fingerprint density at radius 1 is 1.58 bits per heavy atom. The molecule has 1 aromatic rings. The van der Waals surface area contributed by atoms with E-state index in [1.54, 1.807) is 19.2 Å². The Balaban J connectivity index is 2.71. The van der Waals surface area contributed by atoms with Gasteiger partial charge in [-0.25, -0.2) is 0 Å². The molecule has 1 aromatic heterocycles. The molecule has 1 heterocycles. The third kappa shape index (κ3) is 4.92. The van der Waals surface area contributed by atoms with Crippen LogP contribution >= 0.6 is 22.9 Å². The van der Waals surface area contributed by atoms with E-state index >= 15 is 0 Å². The average molecular weight is 301 g/mol. The summed E-state index contributed by atoms with van der Waals surface area (Å²) >= 11 is 7.13. The van der Waals surface area contributed by atoms with E-state index in [1.807, 2.05) is 11.8 Å². The number of halogens is 1. The van der Waals surface area contributed by atoms with E-state index in [2.05, 4.69) is 6.07 Å². The molecule has 1 unspecified atom stereocenters. The molecule has 0 spiro atoms. The Kier molecular flexibility index (Phi) is 7.03. The maximum atomic E-state index is 12.3. The summed E-state index contributed by atoms with van der Waals surface area (Å²) in [6, 6.07) is 5.28. The molecule has 0 saturated carbocycles. The van der Waals surface area contributed by atoms with Crippen molar-refractivity contribution in [3.8, 4) is 6.07 Å². The van der Waals surface area contributed by atoms with Gasteiger partial charge < -0.3 is 4.74 Å². The molecule has 0 radical (unpaired) electrons. The third-order valence-corrected chi connectivity index (χ3v) is 4.08. The van der Waals surface area contributed by atoms with Gasteiger partial charge in [-0.2, -0.15) is 5.26 Å². The molecule has 0 amide bonds. The Morgan fingerprint density at radius 3 is 2.84 bits per heavy atom. The maximum Gasteiger partial charge on any atom is 0.189 e. The maximum absolute atomic E-state index is 12.3. The van der Waals surface area contributed by atoms with Gasteiger partial charge in [0.2, 0.25) is 0 Å². The summed E-state index contributed by atoms with van der Waals surface area (Å²) in [5, 5.41) is 8.67. The number of nitrogens with zero attached hydrogens (tertiary/aromatic N) is 2. The van der Waals surface area contributed by atoms with Crippen LogP contribution in [0.1, 0.15) is 23.0 Å². The van der Waals surface area contributed by atoms with Crippen LogP contribution in [0.15, 0.2) is 12.1 Å². The van der Waals surface area contributed by atoms with Crippen molar-refractivity contribution in [3.05, 3.63) is 21.3 Å².